The fraction of sp³-hybridized carbons (Fsp3) is 0.647. The Hall–Kier alpha value is -0.900. The zero-order valence-electron chi connectivity index (χ0n) is 13.0. The molecule has 0 radical (unpaired) electrons. The van der Waals surface area contributed by atoms with E-state index in [9.17, 15) is 0 Å². The Morgan fingerprint density at radius 2 is 1.95 bits per heavy atom. The number of hydrogen-bond donors (Lipinski definition) is 1. The van der Waals surface area contributed by atoms with Crippen LogP contribution in [0.25, 0.3) is 0 Å². The molecule has 20 heavy (non-hydrogen) atoms. The van der Waals surface area contributed by atoms with Gasteiger partial charge < -0.3 is 10.6 Å². The summed E-state index contributed by atoms with van der Waals surface area (Å²) in [5.74, 6) is 0. The third-order valence-electron chi connectivity index (χ3n) is 4.34. The van der Waals surface area contributed by atoms with Crippen molar-refractivity contribution in [2.24, 2.45) is 5.73 Å². The summed E-state index contributed by atoms with van der Waals surface area (Å²) < 4.78 is 0. The minimum atomic E-state index is 0.730. The van der Waals surface area contributed by atoms with E-state index >= 15 is 0 Å². The van der Waals surface area contributed by atoms with Crippen LogP contribution in [0.2, 0.25) is 0 Å². The lowest BCUT2D eigenvalue weighted by atomic mass is 10.1. The average Bonchev–Trinajstić information content (AvgIpc) is 2.88. The van der Waals surface area contributed by atoms with E-state index in [1.807, 2.05) is 0 Å². The van der Waals surface area contributed by atoms with Gasteiger partial charge >= 0.3 is 0 Å². The molecule has 1 atom stereocenters. The first-order chi connectivity index (χ1) is 9.72. The Morgan fingerprint density at radius 1 is 1.25 bits per heavy atom. The molecule has 0 aliphatic carbocycles. The van der Waals surface area contributed by atoms with Gasteiger partial charge in [-0.2, -0.15) is 0 Å². The second-order valence-corrected chi connectivity index (χ2v) is 5.98. The molecular formula is C17H29N3. The summed E-state index contributed by atoms with van der Waals surface area (Å²) in [4.78, 5) is 5.07. The van der Waals surface area contributed by atoms with Crippen LogP contribution >= 0.6 is 0 Å². The maximum absolute atomic E-state index is 5.58. The van der Waals surface area contributed by atoms with Crippen LogP contribution in [0.3, 0.4) is 0 Å². The minimum Gasteiger partial charge on any atom is -0.330 e. The standard InChI is InChI=1S/C17H29N3/c1-3-20-12-4-5-17(20)14-19(2)13-16-8-6-15(7-9-16)10-11-18/h6-9,17H,3-5,10-14,18H2,1-2H3. The highest BCUT2D eigenvalue weighted by Gasteiger charge is 2.23. The van der Waals surface area contributed by atoms with Gasteiger partial charge in [-0.1, -0.05) is 31.2 Å². The van der Waals surface area contributed by atoms with E-state index in [-0.39, 0.29) is 0 Å². The highest BCUT2D eigenvalue weighted by Crippen LogP contribution is 2.18. The van der Waals surface area contributed by atoms with Gasteiger partial charge in [-0.25, -0.2) is 0 Å². The molecule has 3 nitrogen and oxygen atoms in total. The smallest absolute Gasteiger partial charge is 0.0231 e. The zero-order valence-corrected chi connectivity index (χ0v) is 13.0. The summed E-state index contributed by atoms with van der Waals surface area (Å²) in [6.07, 6.45) is 3.69. The molecule has 0 saturated carbocycles. The fourth-order valence-electron chi connectivity index (χ4n) is 3.23. The van der Waals surface area contributed by atoms with Gasteiger partial charge in [0.2, 0.25) is 0 Å². The predicted molar refractivity (Wildman–Crippen MR) is 85.8 cm³/mol. The molecule has 0 bridgehead atoms. The first kappa shape index (κ1) is 15.5. The van der Waals surface area contributed by atoms with E-state index in [4.69, 9.17) is 5.73 Å². The highest BCUT2D eigenvalue weighted by atomic mass is 15.2. The van der Waals surface area contributed by atoms with Gasteiger partial charge in [0.25, 0.3) is 0 Å². The van der Waals surface area contributed by atoms with Crippen LogP contribution in [0.1, 0.15) is 30.9 Å². The number of benzene rings is 1. The first-order valence-corrected chi connectivity index (χ1v) is 7.93. The molecule has 1 aromatic carbocycles. The molecule has 3 heteroatoms. The molecule has 1 heterocycles. The fourth-order valence-corrected chi connectivity index (χ4v) is 3.23. The molecule has 1 fully saturated rings. The minimum absolute atomic E-state index is 0.730. The van der Waals surface area contributed by atoms with Crippen LogP contribution in [-0.4, -0.2) is 49.1 Å². The summed E-state index contributed by atoms with van der Waals surface area (Å²) in [7, 11) is 2.24. The average molecular weight is 275 g/mol. The highest BCUT2D eigenvalue weighted by molar-refractivity contribution is 5.22. The predicted octanol–water partition coefficient (Wildman–Crippen LogP) is 2.10. The van der Waals surface area contributed by atoms with Crippen molar-refractivity contribution in [3.63, 3.8) is 0 Å². The molecule has 1 aliphatic rings. The first-order valence-electron chi connectivity index (χ1n) is 7.93. The molecule has 112 valence electrons. The van der Waals surface area contributed by atoms with Gasteiger partial charge in [0, 0.05) is 19.1 Å². The topological polar surface area (TPSA) is 32.5 Å². The van der Waals surface area contributed by atoms with Crippen LogP contribution in [0, 0.1) is 0 Å². The third-order valence-corrected chi connectivity index (χ3v) is 4.34. The lowest BCUT2D eigenvalue weighted by molar-refractivity contribution is 0.195. The summed E-state index contributed by atoms with van der Waals surface area (Å²) >= 11 is 0. The van der Waals surface area contributed by atoms with Crippen molar-refractivity contribution in [2.45, 2.75) is 38.8 Å². The van der Waals surface area contributed by atoms with Crippen molar-refractivity contribution in [1.82, 2.24) is 9.80 Å². The normalized spacial score (nSPS) is 19.9. The Kier molecular flexibility index (Phi) is 6.02. The molecule has 0 amide bonds. The molecule has 0 aromatic heterocycles. The number of likely N-dealkylation sites (tertiary alicyclic amines) is 1. The van der Waals surface area contributed by atoms with E-state index < -0.39 is 0 Å². The van der Waals surface area contributed by atoms with E-state index in [0.29, 0.717) is 0 Å². The molecule has 1 unspecified atom stereocenters. The number of hydrogen-bond acceptors (Lipinski definition) is 3. The van der Waals surface area contributed by atoms with Crippen LogP contribution in [0.4, 0.5) is 0 Å². The third kappa shape index (κ3) is 4.30. The van der Waals surface area contributed by atoms with E-state index in [1.165, 1.54) is 43.6 Å². The monoisotopic (exact) mass is 275 g/mol. The van der Waals surface area contributed by atoms with Crippen molar-refractivity contribution in [1.29, 1.82) is 0 Å². The van der Waals surface area contributed by atoms with Gasteiger partial charge in [-0.15, -0.1) is 0 Å². The Bertz CT molecular complexity index is 388. The lowest BCUT2D eigenvalue weighted by Crippen LogP contribution is -2.38. The van der Waals surface area contributed by atoms with Crippen molar-refractivity contribution in [2.75, 3.05) is 33.2 Å². The maximum Gasteiger partial charge on any atom is 0.0231 e. The Morgan fingerprint density at radius 3 is 2.60 bits per heavy atom. The number of rotatable bonds is 7. The van der Waals surface area contributed by atoms with Gasteiger partial charge in [0.15, 0.2) is 0 Å². The van der Waals surface area contributed by atoms with Crippen LogP contribution in [0.15, 0.2) is 24.3 Å². The van der Waals surface area contributed by atoms with E-state index in [0.717, 1.165) is 25.6 Å². The molecule has 1 saturated heterocycles. The van der Waals surface area contributed by atoms with Crippen molar-refractivity contribution in [3.05, 3.63) is 35.4 Å². The van der Waals surface area contributed by atoms with Gasteiger partial charge in [-0.3, -0.25) is 4.90 Å². The van der Waals surface area contributed by atoms with Crippen molar-refractivity contribution >= 4 is 0 Å². The zero-order chi connectivity index (χ0) is 14.4. The number of nitrogens with two attached hydrogens (primary N) is 1. The van der Waals surface area contributed by atoms with Crippen LogP contribution in [0.5, 0.6) is 0 Å². The second kappa shape index (κ2) is 7.77. The van der Waals surface area contributed by atoms with Crippen LogP contribution < -0.4 is 5.73 Å². The van der Waals surface area contributed by atoms with Crippen molar-refractivity contribution < 1.29 is 0 Å². The van der Waals surface area contributed by atoms with Gasteiger partial charge in [0.05, 0.1) is 0 Å². The van der Waals surface area contributed by atoms with Crippen LogP contribution in [-0.2, 0) is 13.0 Å². The molecule has 2 N–H and O–H groups in total. The summed E-state index contributed by atoms with van der Waals surface area (Å²) in [5, 5.41) is 0. The van der Waals surface area contributed by atoms with E-state index in [1.54, 1.807) is 0 Å². The Labute approximate surface area is 123 Å². The summed E-state index contributed by atoms with van der Waals surface area (Å²) in [5.41, 5.74) is 8.32. The molecule has 0 spiro atoms. The lowest BCUT2D eigenvalue weighted by Gasteiger charge is -2.27. The quantitative estimate of drug-likeness (QED) is 0.827. The van der Waals surface area contributed by atoms with Gasteiger partial charge in [0.1, 0.15) is 0 Å². The maximum atomic E-state index is 5.58. The largest absolute Gasteiger partial charge is 0.330 e. The van der Waals surface area contributed by atoms with E-state index in [2.05, 4.69) is 48.0 Å². The number of likely N-dealkylation sites (N-methyl/N-ethyl adjacent to an activating group) is 2. The molecule has 1 aliphatic heterocycles. The molecule has 2 rings (SSSR count). The van der Waals surface area contributed by atoms with Gasteiger partial charge in [-0.05, 0) is 57.1 Å². The Balaban J connectivity index is 1.83. The SMILES string of the molecule is CCN1CCCC1CN(C)Cc1ccc(CCN)cc1. The molecular weight excluding hydrogens is 246 g/mol. The van der Waals surface area contributed by atoms with Crippen molar-refractivity contribution in [3.8, 4) is 0 Å². The summed E-state index contributed by atoms with van der Waals surface area (Å²) in [6, 6.07) is 9.66. The molecule has 1 aromatic rings. The number of nitrogens with zero attached hydrogens (tertiary/aromatic N) is 2. The summed E-state index contributed by atoms with van der Waals surface area (Å²) in [6.45, 7) is 7.69. The second-order valence-electron chi connectivity index (χ2n) is 5.98.